The topological polar surface area (TPSA) is 58.2 Å². The summed E-state index contributed by atoms with van der Waals surface area (Å²) in [6.45, 7) is 6.24. The van der Waals surface area contributed by atoms with Crippen molar-refractivity contribution >= 4 is 21.8 Å². The van der Waals surface area contributed by atoms with Crippen molar-refractivity contribution in [2.75, 3.05) is 36.9 Å². The molecule has 4 nitrogen and oxygen atoms in total. The number of nitrogens with one attached hydrogen (secondary N) is 2. The van der Waals surface area contributed by atoms with Crippen molar-refractivity contribution in [1.29, 1.82) is 0 Å². The van der Waals surface area contributed by atoms with Crippen LogP contribution in [0.15, 0.2) is 0 Å². The van der Waals surface area contributed by atoms with Crippen LogP contribution in [0.2, 0.25) is 0 Å². The van der Waals surface area contributed by atoms with Gasteiger partial charge in [0, 0.05) is 6.54 Å². The Morgan fingerprint density at radius 3 is 2.38 bits per heavy atom. The van der Waals surface area contributed by atoms with Crippen molar-refractivity contribution in [3.8, 4) is 0 Å². The predicted octanol–water partition coefficient (Wildman–Crippen LogP) is 1.05. The van der Waals surface area contributed by atoms with Crippen LogP contribution in [-0.2, 0) is 10.0 Å². The maximum atomic E-state index is 11.1. The Labute approximate surface area is 104 Å². The third kappa shape index (κ3) is 10.7. The van der Waals surface area contributed by atoms with E-state index in [4.69, 9.17) is 0 Å². The number of sulfonamides is 1. The van der Waals surface area contributed by atoms with Crippen LogP contribution >= 0.6 is 11.8 Å². The zero-order valence-electron chi connectivity index (χ0n) is 10.3. The minimum absolute atomic E-state index is 0.161. The van der Waals surface area contributed by atoms with E-state index in [0.29, 0.717) is 6.54 Å². The van der Waals surface area contributed by atoms with E-state index in [1.54, 1.807) is 6.92 Å². The van der Waals surface area contributed by atoms with E-state index in [9.17, 15) is 8.42 Å². The molecule has 0 bridgehead atoms. The summed E-state index contributed by atoms with van der Waals surface area (Å²) in [4.78, 5) is 0. The average molecular weight is 268 g/mol. The highest BCUT2D eigenvalue weighted by Crippen LogP contribution is 1.99. The van der Waals surface area contributed by atoms with E-state index in [1.807, 2.05) is 11.8 Å². The second-order valence-corrected chi connectivity index (χ2v) is 6.94. The Morgan fingerprint density at radius 2 is 1.75 bits per heavy atom. The van der Waals surface area contributed by atoms with E-state index in [1.165, 1.54) is 17.9 Å². The zero-order valence-corrected chi connectivity index (χ0v) is 11.9. The molecule has 0 aliphatic carbocycles. The van der Waals surface area contributed by atoms with E-state index in [-0.39, 0.29) is 5.75 Å². The van der Waals surface area contributed by atoms with Gasteiger partial charge in [0.05, 0.1) is 5.75 Å². The number of hydrogen-bond acceptors (Lipinski definition) is 4. The highest BCUT2D eigenvalue weighted by molar-refractivity contribution is 7.99. The standard InChI is InChI=1S/C10H24N2O2S2/c1-3-15-10-6-8-11-7-5-9-12-16(13,14)4-2/h11-12H,3-10H2,1-2H3. The van der Waals surface area contributed by atoms with Gasteiger partial charge in [-0.15, -0.1) is 0 Å². The summed E-state index contributed by atoms with van der Waals surface area (Å²) >= 11 is 1.95. The maximum Gasteiger partial charge on any atom is 0.211 e. The molecule has 0 radical (unpaired) electrons. The first kappa shape index (κ1) is 16.2. The van der Waals surface area contributed by atoms with Crippen molar-refractivity contribution in [1.82, 2.24) is 10.0 Å². The van der Waals surface area contributed by atoms with Gasteiger partial charge in [-0.25, -0.2) is 13.1 Å². The van der Waals surface area contributed by atoms with Gasteiger partial charge in [0.25, 0.3) is 0 Å². The van der Waals surface area contributed by atoms with E-state index >= 15 is 0 Å². The highest BCUT2D eigenvalue weighted by atomic mass is 32.2. The summed E-state index contributed by atoms with van der Waals surface area (Å²) in [5, 5.41) is 3.30. The molecule has 0 saturated carbocycles. The molecule has 0 saturated heterocycles. The fraction of sp³-hybridized carbons (Fsp3) is 1.00. The van der Waals surface area contributed by atoms with Gasteiger partial charge in [0.2, 0.25) is 10.0 Å². The molecular weight excluding hydrogens is 244 g/mol. The molecule has 0 fully saturated rings. The van der Waals surface area contributed by atoms with Crippen LogP contribution in [0.25, 0.3) is 0 Å². The van der Waals surface area contributed by atoms with Gasteiger partial charge < -0.3 is 5.32 Å². The summed E-state index contributed by atoms with van der Waals surface area (Å²) in [7, 11) is -3.01. The molecule has 0 spiro atoms. The largest absolute Gasteiger partial charge is 0.317 e. The van der Waals surface area contributed by atoms with Crippen molar-refractivity contribution in [2.24, 2.45) is 0 Å². The van der Waals surface area contributed by atoms with Crippen molar-refractivity contribution in [3.05, 3.63) is 0 Å². The van der Waals surface area contributed by atoms with E-state index in [2.05, 4.69) is 17.0 Å². The third-order valence-electron chi connectivity index (χ3n) is 2.08. The van der Waals surface area contributed by atoms with Crippen LogP contribution in [0.1, 0.15) is 26.7 Å². The first-order valence-electron chi connectivity index (χ1n) is 5.88. The Kier molecular flexibility index (Phi) is 10.5. The van der Waals surface area contributed by atoms with Crippen LogP contribution < -0.4 is 10.0 Å². The van der Waals surface area contributed by atoms with Gasteiger partial charge in [-0.1, -0.05) is 6.92 Å². The molecule has 0 aromatic rings. The minimum atomic E-state index is -3.01. The summed E-state index contributed by atoms with van der Waals surface area (Å²) in [5.41, 5.74) is 0. The van der Waals surface area contributed by atoms with Crippen molar-refractivity contribution in [3.63, 3.8) is 0 Å². The normalized spacial score (nSPS) is 11.9. The number of thioether (sulfide) groups is 1. The summed E-state index contributed by atoms with van der Waals surface area (Å²) < 4.78 is 24.7. The second kappa shape index (κ2) is 10.4. The van der Waals surface area contributed by atoms with Gasteiger partial charge in [0.1, 0.15) is 0 Å². The Balaban J connectivity index is 3.16. The van der Waals surface area contributed by atoms with Gasteiger partial charge in [0.15, 0.2) is 0 Å². The Bertz CT molecular complexity index is 243. The van der Waals surface area contributed by atoms with Crippen LogP contribution in [0.5, 0.6) is 0 Å². The first-order valence-corrected chi connectivity index (χ1v) is 8.69. The lowest BCUT2D eigenvalue weighted by molar-refractivity contribution is 0.574. The molecule has 0 atom stereocenters. The molecule has 98 valence electrons. The Hall–Kier alpha value is 0.220. The first-order chi connectivity index (χ1) is 7.62. The molecule has 2 N–H and O–H groups in total. The number of hydrogen-bond donors (Lipinski definition) is 2. The van der Waals surface area contributed by atoms with Gasteiger partial charge in [-0.2, -0.15) is 11.8 Å². The molecule has 0 rings (SSSR count). The highest BCUT2D eigenvalue weighted by Gasteiger charge is 2.03. The molecular formula is C10H24N2O2S2. The summed E-state index contributed by atoms with van der Waals surface area (Å²) in [6, 6.07) is 0. The van der Waals surface area contributed by atoms with Crippen LogP contribution in [0.3, 0.4) is 0 Å². The van der Waals surface area contributed by atoms with E-state index in [0.717, 1.165) is 19.5 Å². The van der Waals surface area contributed by atoms with Crippen LogP contribution in [0.4, 0.5) is 0 Å². The average Bonchev–Trinajstić information content (AvgIpc) is 2.27. The van der Waals surface area contributed by atoms with Gasteiger partial charge in [-0.3, -0.25) is 0 Å². The fourth-order valence-corrected chi connectivity index (χ4v) is 2.41. The molecule has 0 aromatic carbocycles. The lowest BCUT2D eigenvalue weighted by Gasteiger charge is -2.05. The summed E-state index contributed by atoms with van der Waals surface area (Å²) in [6.07, 6.45) is 2.03. The quantitative estimate of drug-likeness (QED) is 0.550. The van der Waals surface area contributed by atoms with Crippen LogP contribution in [0, 0.1) is 0 Å². The van der Waals surface area contributed by atoms with Gasteiger partial charge >= 0.3 is 0 Å². The lowest BCUT2D eigenvalue weighted by Crippen LogP contribution is -2.28. The maximum absolute atomic E-state index is 11.1. The van der Waals surface area contributed by atoms with E-state index < -0.39 is 10.0 Å². The predicted molar refractivity (Wildman–Crippen MR) is 72.6 cm³/mol. The Morgan fingerprint density at radius 1 is 1.06 bits per heavy atom. The fourth-order valence-electron chi connectivity index (χ4n) is 1.11. The molecule has 0 aliphatic heterocycles. The monoisotopic (exact) mass is 268 g/mol. The molecule has 0 amide bonds. The lowest BCUT2D eigenvalue weighted by atomic mass is 10.4. The van der Waals surface area contributed by atoms with Gasteiger partial charge in [-0.05, 0) is 44.4 Å². The summed E-state index contributed by atoms with van der Waals surface area (Å²) in [5.74, 6) is 2.54. The molecule has 0 aromatic heterocycles. The molecule has 0 unspecified atom stereocenters. The van der Waals surface area contributed by atoms with Crippen LogP contribution in [-0.4, -0.2) is 45.3 Å². The second-order valence-electron chi connectivity index (χ2n) is 3.45. The molecule has 6 heteroatoms. The zero-order chi connectivity index (χ0) is 12.3. The smallest absolute Gasteiger partial charge is 0.211 e. The van der Waals surface area contributed by atoms with Crippen molar-refractivity contribution < 1.29 is 8.42 Å². The molecule has 0 aliphatic rings. The number of rotatable bonds is 11. The SMILES string of the molecule is CCSCCCNCCCNS(=O)(=O)CC. The van der Waals surface area contributed by atoms with Crippen molar-refractivity contribution in [2.45, 2.75) is 26.7 Å². The minimum Gasteiger partial charge on any atom is -0.317 e. The molecule has 0 heterocycles. The third-order valence-corrected chi connectivity index (χ3v) is 4.47. The molecule has 16 heavy (non-hydrogen) atoms.